The Labute approximate surface area is 160 Å². The average Bonchev–Trinajstić information content (AvgIpc) is 2.70. The lowest BCUT2D eigenvalue weighted by Crippen LogP contribution is -1.89. The number of hydrogen-bond acceptors (Lipinski definition) is 6. The first-order chi connectivity index (χ1) is 13.0. The minimum atomic E-state index is 0.681. The van der Waals surface area contributed by atoms with Crippen LogP contribution in [-0.4, -0.2) is 21.3 Å². The Morgan fingerprint density at radius 3 is 1.63 bits per heavy atom. The van der Waals surface area contributed by atoms with Crippen molar-refractivity contribution in [1.82, 2.24) is 0 Å². The van der Waals surface area contributed by atoms with Crippen LogP contribution in [0.4, 0.5) is 17.1 Å². The van der Waals surface area contributed by atoms with E-state index >= 15 is 0 Å². The van der Waals surface area contributed by atoms with Gasteiger partial charge in [-0.1, -0.05) is 18.2 Å². The van der Waals surface area contributed by atoms with Crippen molar-refractivity contribution in [2.24, 2.45) is 0 Å². The molecule has 0 atom stereocenters. The summed E-state index contributed by atoms with van der Waals surface area (Å²) in [6, 6.07) is 22.0. The first kappa shape index (κ1) is 21.5. The highest BCUT2D eigenvalue weighted by atomic mass is 16.5. The molecular formula is C21H27N3O3. The lowest BCUT2D eigenvalue weighted by Gasteiger charge is -2.00. The normalized spacial score (nSPS) is 9.00. The van der Waals surface area contributed by atoms with Gasteiger partial charge >= 0.3 is 0 Å². The monoisotopic (exact) mass is 369 g/mol. The molecule has 6 nitrogen and oxygen atoms in total. The van der Waals surface area contributed by atoms with Crippen molar-refractivity contribution in [2.45, 2.75) is 0 Å². The van der Waals surface area contributed by atoms with Gasteiger partial charge < -0.3 is 31.4 Å². The second-order valence-electron chi connectivity index (χ2n) is 5.29. The topological polar surface area (TPSA) is 106 Å². The zero-order valence-electron chi connectivity index (χ0n) is 15.9. The fraction of sp³-hybridized carbons (Fsp3) is 0.143. The number of hydrogen-bond donors (Lipinski definition) is 3. The van der Waals surface area contributed by atoms with Crippen molar-refractivity contribution in [3.05, 3.63) is 72.8 Å². The maximum atomic E-state index is 5.51. The molecule has 0 heterocycles. The van der Waals surface area contributed by atoms with Gasteiger partial charge in [-0.15, -0.1) is 0 Å². The molecule has 0 aliphatic carbocycles. The van der Waals surface area contributed by atoms with E-state index in [1.54, 1.807) is 45.6 Å². The minimum absolute atomic E-state index is 0.681. The van der Waals surface area contributed by atoms with Crippen LogP contribution in [0.15, 0.2) is 72.8 Å². The summed E-state index contributed by atoms with van der Waals surface area (Å²) in [5.74, 6) is 2.37. The van der Waals surface area contributed by atoms with Crippen LogP contribution < -0.4 is 31.4 Å². The molecule has 0 aromatic heterocycles. The van der Waals surface area contributed by atoms with Crippen molar-refractivity contribution in [3.8, 4) is 17.2 Å². The molecule has 0 unspecified atom stereocenters. The van der Waals surface area contributed by atoms with Gasteiger partial charge in [-0.05, 0) is 48.5 Å². The van der Waals surface area contributed by atoms with Crippen LogP contribution in [0.2, 0.25) is 0 Å². The smallest absolute Gasteiger partial charge is 0.141 e. The Morgan fingerprint density at radius 1 is 0.556 bits per heavy atom. The van der Waals surface area contributed by atoms with E-state index in [1.165, 1.54) is 0 Å². The molecule has 6 N–H and O–H groups in total. The molecule has 3 rings (SSSR count). The first-order valence-electron chi connectivity index (χ1n) is 8.17. The van der Waals surface area contributed by atoms with Crippen molar-refractivity contribution < 1.29 is 14.2 Å². The van der Waals surface area contributed by atoms with Gasteiger partial charge in [0.1, 0.15) is 17.2 Å². The summed E-state index contributed by atoms with van der Waals surface area (Å²) >= 11 is 0. The molecule has 3 aromatic rings. The van der Waals surface area contributed by atoms with Crippen molar-refractivity contribution >= 4 is 17.1 Å². The molecule has 0 saturated carbocycles. The predicted octanol–water partition coefficient (Wildman–Crippen LogP) is 3.83. The highest BCUT2D eigenvalue weighted by Gasteiger charge is 1.91. The summed E-state index contributed by atoms with van der Waals surface area (Å²) in [5, 5.41) is 0. The van der Waals surface area contributed by atoms with Crippen LogP contribution in [-0.2, 0) is 0 Å². The molecule has 0 spiro atoms. The zero-order valence-corrected chi connectivity index (χ0v) is 15.9. The third-order valence-corrected chi connectivity index (χ3v) is 3.35. The van der Waals surface area contributed by atoms with Crippen LogP contribution in [0.5, 0.6) is 17.2 Å². The number of rotatable bonds is 3. The standard InChI is InChI=1S/3C7H9NO/c1-9-7-4-2-6(8)3-5-7;1-9-7-4-2-3-6(8)5-7;1-9-7-5-3-2-4-6(7)8/h3*2-5H,8H2,1H3. The summed E-state index contributed by atoms with van der Waals surface area (Å²) in [5.41, 5.74) is 18.6. The second kappa shape index (κ2) is 11.9. The van der Waals surface area contributed by atoms with E-state index in [0.29, 0.717) is 5.69 Å². The third-order valence-electron chi connectivity index (χ3n) is 3.35. The fourth-order valence-corrected chi connectivity index (χ4v) is 1.91. The Hall–Kier alpha value is -3.54. The molecule has 0 aliphatic heterocycles. The fourth-order valence-electron chi connectivity index (χ4n) is 1.91. The molecule has 6 heteroatoms. The van der Waals surface area contributed by atoms with Crippen LogP contribution >= 0.6 is 0 Å². The summed E-state index contributed by atoms with van der Waals surface area (Å²) in [6.45, 7) is 0. The van der Waals surface area contributed by atoms with E-state index in [2.05, 4.69) is 0 Å². The van der Waals surface area contributed by atoms with E-state index in [9.17, 15) is 0 Å². The molecule has 0 radical (unpaired) electrons. The van der Waals surface area contributed by atoms with Gasteiger partial charge in [0.05, 0.1) is 27.0 Å². The molecule has 144 valence electrons. The van der Waals surface area contributed by atoms with Gasteiger partial charge in [-0.2, -0.15) is 0 Å². The first-order valence-corrected chi connectivity index (χ1v) is 8.17. The van der Waals surface area contributed by atoms with Gasteiger partial charge in [0.25, 0.3) is 0 Å². The van der Waals surface area contributed by atoms with E-state index in [1.807, 2.05) is 48.5 Å². The van der Waals surface area contributed by atoms with Gasteiger partial charge in [0, 0.05) is 17.4 Å². The molecule has 0 bridgehead atoms. The van der Waals surface area contributed by atoms with Crippen LogP contribution in [0.1, 0.15) is 0 Å². The lowest BCUT2D eigenvalue weighted by atomic mass is 10.3. The van der Waals surface area contributed by atoms with E-state index in [0.717, 1.165) is 28.6 Å². The summed E-state index contributed by atoms with van der Waals surface area (Å²) in [4.78, 5) is 0. The van der Waals surface area contributed by atoms with E-state index < -0.39 is 0 Å². The van der Waals surface area contributed by atoms with Crippen LogP contribution in [0, 0.1) is 0 Å². The molecule has 0 aliphatic rings. The SMILES string of the molecule is COc1ccc(N)cc1.COc1cccc(N)c1.COc1ccccc1N. The predicted molar refractivity (Wildman–Crippen MR) is 112 cm³/mol. The van der Waals surface area contributed by atoms with E-state index in [-0.39, 0.29) is 0 Å². The molecule has 0 amide bonds. The number of ether oxygens (including phenoxy) is 3. The molecular weight excluding hydrogens is 342 g/mol. The zero-order chi connectivity index (χ0) is 20.1. The average molecular weight is 369 g/mol. The molecule has 0 saturated heterocycles. The Bertz CT molecular complexity index is 793. The summed E-state index contributed by atoms with van der Waals surface area (Å²) in [7, 11) is 4.85. The number of nitrogen functional groups attached to an aromatic ring is 3. The lowest BCUT2D eigenvalue weighted by molar-refractivity contribution is 0.415. The summed E-state index contributed by atoms with van der Waals surface area (Å²) in [6.07, 6.45) is 0. The molecule has 0 fully saturated rings. The highest BCUT2D eigenvalue weighted by Crippen LogP contribution is 2.18. The Kier molecular flexibility index (Phi) is 9.49. The van der Waals surface area contributed by atoms with Crippen LogP contribution in [0.3, 0.4) is 0 Å². The molecule has 27 heavy (non-hydrogen) atoms. The van der Waals surface area contributed by atoms with Gasteiger partial charge in [0.15, 0.2) is 0 Å². The maximum absolute atomic E-state index is 5.51. The van der Waals surface area contributed by atoms with Gasteiger partial charge in [-0.25, -0.2) is 0 Å². The highest BCUT2D eigenvalue weighted by molar-refractivity contribution is 5.51. The Morgan fingerprint density at radius 2 is 1.19 bits per heavy atom. The minimum Gasteiger partial charge on any atom is -0.497 e. The van der Waals surface area contributed by atoms with Crippen molar-refractivity contribution in [2.75, 3.05) is 38.5 Å². The second-order valence-corrected chi connectivity index (χ2v) is 5.29. The van der Waals surface area contributed by atoms with E-state index in [4.69, 9.17) is 31.4 Å². The third kappa shape index (κ3) is 8.40. The van der Waals surface area contributed by atoms with Gasteiger partial charge in [0.2, 0.25) is 0 Å². The van der Waals surface area contributed by atoms with Crippen LogP contribution in [0.25, 0.3) is 0 Å². The molecule has 3 aromatic carbocycles. The van der Waals surface area contributed by atoms with Gasteiger partial charge in [-0.3, -0.25) is 0 Å². The Balaban J connectivity index is 0.000000202. The number of nitrogens with two attached hydrogens (primary N) is 3. The maximum Gasteiger partial charge on any atom is 0.141 e. The van der Waals surface area contributed by atoms with Crippen molar-refractivity contribution in [3.63, 3.8) is 0 Å². The number of anilines is 3. The number of methoxy groups -OCH3 is 3. The number of benzene rings is 3. The summed E-state index contributed by atoms with van der Waals surface area (Å²) < 4.78 is 14.7. The number of para-hydroxylation sites is 2. The van der Waals surface area contributed by atoms with Crippen molar-refractivity contribution in [1.29, 1.82) is 0 Å². The largest absolute Gasteiger partial charge is 0.497 e. The quantitative estimate of drug-likeness (QED) is 0.606.